The lowest BCUT2D eigenvalue weighted by atomic mass is 10.1. The fraction of sp³-hybridized carbons (Fsp3) is 0.200. The zero-order valence-corrected chi connectivity index (χ0v) is 11.7. The van der Waals surface area contributed by atoms with Crippen molar-refractivity contribution < 1.29 is 0 Å². The van der Waals surface area contributed by atoms with Crippen LogP contribution in [0.2, 0.25) is 0 Å². The largest absolute Gasteiger partial charge is 0.399 e. The molecule has 0 atom stereocenters. The van der Waals surface area contributed by atoms with Gasteiger partial charge in [0.15, 0.2) is 0 Å². The van der Waals surface area contributed by atoms with Crippen LogP contribution in [0.15, 0.2) is 59.1 Å². The van der Waals surface area contributed by atoms with Crippen LogP contribution in [0, 0.1) is 0 Å². The minimum atomic E-state index is 0.799. The van der Waals surface area contributed by atoms with Gasteiger partial charge in [0.25, 0.3) is 0 Å². The molecule has 0 fully saturated rings. The highest BCUT2D eigenvalue weighted by Gasteiger charge is 1.84. The lowest BCUT2D eigenvalue weighted by molar-refractivity contribution is 0.922. The molecule has 0 saturated heterocycles. The average Bonchev–Trinajstić information content (AvgIpc) is 2.36. The summed E-state index contributed by atoms with van der Waals surface area (Å²) in [6, 6.07) is 18.1. The molecule has 2 aromatic rings. The summed E-state index contributed by atoms with van der Waals surface area (Å²) < 4.78 is 1.06. The Bertz CT molecular complexity index is 388. The summed E-state index contributed by atoms with van der Waals surface area (Å²) in [5.74, 6) is 0. The topological polar surface area (TPSA) is 26.0 Å². The number of anilines is 1. The minimum absolute atomic E-state index is 0.799. The number of rotatable bonds is 2. The van der Waals surface area contributed by atoms with Crippen LogP contribution in [0.25, 0.3) is 0 Å². The molecule has 2 rings (SSSR count). The number of nitrogens with two attached hydrogens (primary N) is 1. The van der Waals surface area contributed by atoms with Gasteiger partial charge < -0.3 is 5.73 Å². The van der Waals surface area contributed by atoms with Crippen LogP contribution >= 0.6 is 15.9 Å². The van der Waals surface area contributed by atoms with E-state index in [0.29, 0.717) is 0 Å². The summed E-state index contributed by atoms with van der Waals surface area (Å²) >= 11 is 3.29. The SMILES string of the molecule is CCCc1ccccc1.Nc1ccc(Br)cc1. The van der Waals surface area contributed by atoms with Gasteiger partial charge in [-0.05, 0) is 36.2 Å². The molecule has 0 spiro atoms. The molecule has 17 heavy (non-hydrogen) atoms. The molecule has 90 valence electrons. The van der Waals surface area contributed by atoms with Crippen LogP contribution in [-0.4, -0.2) is 0 Å². The fourth-order valence-corrected chi connectivity index (χ4v) is 1.66. The highest BCUT2D eigenvalue weighted by Crippen LogP contribution is 2.10. The molecule has 0 radical (unpaired) electrons. The van der Waals surface area contributed by atoms with E-state index in [1.165, 1.54) is 18.4 Å². The van der Waals surface area contributed by atoms with E-state index in [4.69, 9.17) is 5.73 Å². The lowest BCUT2D eigenvalue weighted by Gasteiger charge is -1.93. The van der Waals surface area contributed by atoms with Crippen LogP contribution in [0.5, 0.6) is 0 Å². The Morgan fingerprint density at radius 1 is 0.941 bits per heavy atom. The molecule has 2 aromatic carbocycles. The molecule has 0 aromatic heterocycles. The summed E-state index contributed by atoms with van der Waals surface area (Å²) in [5, 5.41) is 0. The predicted octanol–water partition coefficient (Wildman–Crippen LogP) is 4.67. The maximum absolute atomic E-state index is 5.41. The van der Waals surface area contributed by atoms with Crippen molar-refractivity contribution >= 4 is 21.6 Å². The van der Waals surface area contributed by atoms with Crippen LogP contribution in [0.4, 0.5) is 5.69 Å². The Kier molecular flexibility index (Phi) is 6.41. The van der Waals surface area contributed by atoms with E-state index in [-0.39, 0.29) is 0 Å². The Morgan fingerprint density at radius 2 is 1.53 bits per heavy atom. The van der Waals surface area contributed by atoms with Gasteiger partial charge in [-0.2, -0.15) is 0 Å². The van der Waals surface area contributed by atoms with E-state index in [2.05, 4.69) is 53.2 Å². The van der Waals surface area contributed by atoms with Crippen molar-refractivity contribution in [1.82, 2.24) is 0 Å². The minimum Gasteiger partial charge on any atom is -0.399 e. The summed E-state index contributed by atoms with van der Waals surface area (Å²) in [6.07, 6.45) is 2.45. The first-order valence-electron chi connectivity index (χ1n) is 5.77. The maximum Gasteiger partial charge on any atom is 0.0314 e. The monoisotopic (exact) mass is 291 g/mol. The molecule has 0 aliphatic heterocycles. The van der Waals surface area contributed by atoms with Gasteiger partial charge in [-0.3, -0.25) is 0 Å². The van der Waals surface area contributed by atoms with Gasteiger partial charge in [-0.1, -0.05) is 59.6 Å². The maximum atomic E-state index is 5.41. The third-order valence-corrected chi connectivity index (χ3v) is 2.78. The Labute approximate surface area is 112 Å². The van der Waals surface area contributed by atoms with E-state index in [1.54, 1.807) is 0 Å². The van der Waals surface area contributed by atoms with Crippen molar-refractivity contribution in [2.75, 3.05) is 5.73 Å². The van der Waals surface area contributed by atoms with E-state index in [1.807, 2.05) is 24.3 Å². The van der Waals surface area contributed by atoms with Gasteiger partial charge >= 0.3 is 0 Å². The van der Waals surface area contributed by atoms with Crippen molar-refractivity contribution in [2.24, 2.45) is 0 Å². The van der Waals surface area contributed by atoms with Gasteiger partial charge in [0, 0.05) is 10.2 Å². The van der Waals surface area contributed by atoms with Crippen molar-refractivity contribution in [3.63, 3.8) is 0 Å². The molecule has 0 bridgehead atoms. The molecule has 0 aliphatic carbocycles. The Morgan fingerprint density at radius 3 is 2.00 bits per heavy atom. The third-order valence-electron chi connectivity index (χ3n) is 2.25. The van der Waals surface area contributed by atoms with Crippen LogP contribution in [0.3, 0.4) is 0 Å². The average molecular weight is 292 g/mol. The summed E-state index contributed by atoms with van der Waals surface area (Å²) in [5.41, 5.74) is 7.65. The number of hydrogen-bond donors (Lipinski definition) is 1. The molecule has 0 amide bonds. The van der Waals surface area contributed by atoms with Crippen LogP contribution in [0.1, 0.15) is 18.9 Å². The van der Waals surface area contributed by atoms with Crippen LogP contribution in [-0.2, 0) is 6.42 Å². The zero-order valence-electron chi connectivity index (χ0n) is 10.1. The molecule has 0 aliphatic rings. The number of hydrogen-bond acceptors (Lipinski definition) is 1. The summed E-state index contributed by atoms with van der Waals surface area (Å²) in [6.45, 7) is 2.20. The van der Waals surface area contributed by atoms with Gasteiger partial charge in [0.1, 0.15) is 0 Å². The second kappa shape index (κ2) is 7.91. The number of nitrogen functional groups attached to an aromatic ring is 1. The van der Waals surface area contributed by atoms with E-state index < -0.39 is 0 Å². The summed E-state index contributed by atoms with van der Waals surface area (Å²) in [7, 11) is 0. The zero-order chi connectivity index (χ0) is 12.5. The molecular formula is C15H18BrN. The first-order valence-corrected chi connectivity index (χ1v) is 6.56. The molecule has 2 heteroatoms. The molecule has 0 unspecified atom stereocenters. The van der Waals surface area contributed by atoms with E-state index in [0.717, 1.165) is 10.2 Å². The van der Waals surface area contributed by atoms with E-state index in [9.17, 15) is 0 Å². The number of benzene rings is 2. The standard InChI is InChI=1S/C9H12.C6H6BrN/c1-2-6-9-7-4-3-5-8-9;7-5-1-3-6(8)4-2-5/h3-5,7-8H,2,6H2,1H3;1-4H,8H2. The first kappa shape index (κ1) is 13.8. The highest BCUT2D eigenvalue weighted by atomic mass is 79.9. The van der Waals surface area contributed by atoms with Gasteiger partial charge in [0.2, 0.25) is 0 Å². The molecule has 0 heterocycles. The highest BCUT2D eigenvalue weighted by molar-refractivity contribution is 9.10. The van der Waals surface area contributed by atoms with Crippen molar-refractivity contribution in [3.8, 4) is 0 Å². The molecule has 0 saturated carbocycles. The molecule has 1 nitrogen and oxygen atoms in total. The van der Waals surface area contributed by atoms with Crippen LogP contribution < -0.4 is 5.73 Å². The van der Waals surface area contributed by atoms with E-state index >= 15 is 0 Å². The van der Waals surface area contributed by atoms with Crippen molar-refractivity contribution in [2.45, 2.75) is 19.8 Å². The normalized spacial score (nSPS) is 9.29. The summed E-state index contributed by atoms with van der Waals surface area (Å²) in [4.78, 5) is 0. The smallest absolute Gasteiger partial charge is 0.0314 e. The molecule has 2 N–H and O–H groups in total. The Hall–Kier alpha value is -1.28. The van der Waals surface area contributed by atoms with Gasteiger partial charge in [0.05, 0.1) is 0 Å². The lowest BCUT2D eigenvalue weighted by Crippen LogP contribution is -1.80. The second-order valence-corrected chi connectivity index (χ2v) is 4.70. The van der Waals surface area contributed by atoms with Gasteiger partial charge in [-0.25, -0.2) is 0 Å². The Balaban J connectivity index is 0.000000171. The number of aryl methyl sites for hydroxylation is 1. The van der Waals surface area contributed by atoms with Crippen molar-refractivity contribution in [3.05, 3.63) is 64.6 Å². The quantitative estimate of drug-likeness (QED) is 0.800. The number of halogens is 1. The third kappa shape index (κ3) is 6.12. The second-order valence-electron chi connectivity index (χ2n) is 3.79. The van der Waals surface area contributed by atoms with Crippen molar-refractivity contribution in [1.29, 1.82) is 0 Å². The van der Waals surface area contributed by atoms with Gasteiger partial charge in [-0.15, -0.1) is 0 Å². The molecular weight excluding hydrogens is 274 g/mol. The predicted molar refractivity (Wildman–Crippen MR) is 79.0 cm³/mol. The first-order chi connectivity index (χ1) is 8.22. The fourth-order valence-electron chi connectivity index (χ4n) is 1.40.